The Kier molecular flexibility index (Phi) is 5.31. The molecule has 0 fully saturated rings. The Labute approximate surface area is 160 Å². The van der Waals surface area contributed by atoms with E-state index in [0.29, 0.717) is 36.0 Å². The van der Waals surface area contributed by atoms with E-state index in [1.165, 1.54) is 4.57 Å². The first kappa shape index (κ1) is 19.7. The van der Waals surface area contributed by atoms with E-state index in [0.717, 1.165) is 6.92 Å². The predicted octanol–water partition coefficient (Wildman–Crippen LogP) is 3.44. The average Bonchev–Trinajstić information content (AvgIpc) is 3.09. The molecule has 9 heteroatoms. The Balaban J connectivity index is 2.08. The van der Waals surface area contributed by atoms with E-state index in [-0.39, 0.29) is 24.2 Å². The summed E-state index contributed by atoms with van der Waals surface area (Å²) < 4.78 is 40.1. The van der Waals surface area contributed by atoms with E-state index in [4.69, 9.17) is 5.26 Å². The molecule has 2 heterocycles. The summed E-state index contributed by atoms with van der Waals surface area (Å²) in [6.45, 7) is 4.07. The van der Waals surface area contributed by atoms with Gasteiger partial charge in [-0.2, -0.15) is 18.4 Å². The number of anilines is 2. The molecule has 1 atom stereocenters. The topological polar surface area (TPSA) is 74.0 Å². The van der Waals surface area contributed by atoms with Crippen LogP contribution in [0.5, 0.6) is 0 Å². The number of nitrogens with zero attached hydrogens (tertiary/aromatic N) is 4. The van der Waals surface area contributed by atoms with Crippen LogP contribution in [0, 0.1) is 17.2 Å². The molecule has 0 radical (unpaired) electrons. The van der Waals surface area contributed by atoms with Crippen LogP contribution in [0.1, 0.15) is 31.7 Å². The first-order valence-electron chi connectivity index (χ1n) is 8.98. The van der Waals surface area contributed by atoms with Gasteiger partial charge >= 0.3 is 6.18 Å². The van der Waals surface area contributed by atoms with Gasteiger partial charge in [0.2, 0.25) is 0 Å². The minimum atomic E-state index is -4.30. The van der Waals surface area contributed by atoms with E-state index in [9.17, 15) is 18.0 Å². The van der Waals surface area contributed by atoms with Gasteiger partial charge in [-0.15, -0.1) is 0 Å². The van der Waals surface area contributed by atoms with Crippen LogP contribution in [0.15, 0.2) is 29.1 Å². The first-order chi connectivity index (χ1) is 13.3. The molecular formula is C19H20F3N5O. The maximum Gasteiger partial charge on any atom is 0.391 e. The van der Waals surface area contributed by atoms with Crippen molar-refractivity contribution in [2.24, 2.45) is 5.92 Å². The standard InChI is InChI=1S/C19H20F3N5O/c1-3-26-11-24-16-17(26)25-15(9-4-12(2)19(20,21)22)27(18(16)28)14-7-5-13(10-23)6-8-14/h5-8,12,24H,3-4,9,11H2,1-2H3. The lowest BCUT2D eigenvalue weighted by molar-refractivity contribution is -0.171. The summed E-state index contributed by atoms with van der Waals surface area (Å²) in [4.78, 5) is 19.5. The second-order valence-electron chi connectivity index (χ2n) is 6.70. The lowest BCUT2D eigenvalue weighted by Crippen LogP contribution is -2.27. The molecule has 3 rings (SSSR count). The highest BCUT2D eigenvalue weighted by Crippen LogP contribution is 2.31. The smallest absolute Gasteiger partial charge is 0.360 e. The van der Waals surface area contributed by atoms with Gasteiger partial charge in [0.25, 0.3) is 5.56 Å². The van der Waals surface area contributed by atoms with Crippen molar-refractivity contribution in [2.75, 3.05) is 23.4 Å². The van der Waals surface area contributed by atoms with Crippen molar-refractivity contribution in [3.8, 4) is 11.8 Å². The van der Waals surface area contributed by atoms with Gasteiger partial charge in [0.1, 0.15) is 11.5 Å². The third kappa shape index (κ3) is 3.67. The Morgan fingerprint density at radius 1 is 1.32 bits per heavy atom. The molecule has 28 heavy (non-hydrogen) atoms. The molecule has 2 aromatic rings. The summed E-state index contributed by atoms with van der Waals surface area (Å²) in [6, 6.07) is 8.31. The number of hydrogen-bond acceptors (Lipinski definition) is 5. The number of nitrogens with one attached hydrogen (secondary N) is 1. The van der Waals surface area contributed by atoms with Crippen molar-refractivity contribution in [1.82, 2.24) is 9.55 Å². The first-order valence-corrected chi connectivity index (χ1v) is 8.98. The van der Waals surface area contributed by atoms with Crippen molar-refractivity contribution in [3.05, 3.63) is 46.0 Å². The van der Waals surface area contributed by atoms with Crippen LogP contribution in [0.2, 0.25) is 0 Å². The fourth-order valence-electron chi connectivity index (χ4n) is 3.08. The number of fused-ring (bicyclic) bond motifs is 1. The van der Waals surface area contributed by atoms with Gasteiger partial charge in [-0.25, -0.2) is 4.98 Å². The molecule has 0 saturated carbocycles. The molecule has 1 N–H and O–H groups in total. The highest BCUT2D eigenvalue weighted by atomic mass is 19.4. The summed E-state index contributed by atoms with van der Waals surface area (Å²) in [5.74, 6) is -0.772. The molecule has 1 aromatic carbocycles. The lowest BCUT2D eigenvalue weighted by Gasteiger charge is -2.19. The maximum absolute atomic E-state index is 13.1. The van der Waals surface area contributed by atoms with E-state index in [1.54, 1.807) is 24.3 Å². The molecular weight excluding hydrogens is 371 g/mol. The molecule has 0 bridgehead atoms. The molecule has 0 amide bonds. The Morgan fingerprint density at radius 3 is 2.57 bits per heavy atom. The molecule has 1 aliphatic rings. The molecule has 1 aliphatic heterocycles. The molecule has 0 aliphatic carbocycles. The fourth-order valence-corrected chi connectivity index (χ4v) is 3.08. The van der Waals surface area contributed by atoms with Crippen LogP contribution >= 0.6 is 0 Å². The van der Waals surface area contributed by atoms with Gasteiger partial charge in [0, 0.05) is 13.0 Å². The van der Waals surface area contributed by atoms with Crippen LogP contribution < -0.4 is 15.8 Å². The van der Waals surface area contributed by atoms with Gasteiger partial charge in [-0.3, -0.25) is 9.36 Å². The van der Waals surface area contributed by atoms with Crippen molar-refractivity contribution < 1.29 is 13.2 Å². The molecule has 0 saturated heterocycles. The highest BCUT2D eigenvalue weighted by Gasteiger charge is 2.36. The fraction of sp³-hybridized carbons (Fsp3) is 0.421. The molecule has 6 nitrogen and oxygen atoms in total. The minimum absolute atomic E-state index is 0.000746. The zero-order valence-electron chi connectivity index (χ0n) is 15.5. The van der Waals surface area contributed by atoms with Crippen molar-refractivity contribution in [2.45, 2.75) is 32.9 Å². The van der Waals surface area contributed by atoms with Crippen molar-refractivity contribution in [1.29, 1.82) is 5.26 Å². The van der Waals surface area contributed by atoms with E-state index < -0.39 is 12.1 Å². The Hall–Kier alpha value is -3.02. The van der Waals surface area contributed by atoms with Crippen molar-refractivity contribution >= 4 is 11.5 Å². The van der Waals surface area contributed by atoms with E-state index >= 15 is 0 Å². The van der Waals surface area contributed by atoms with Gasteiger partial charge in [0.05, 0.1) is 29.9 Å². The monoisotopic (exact) mass is 391 g/mol. The van der Waals surface area contributed by atoms with Crippen LogP contribution in [-0.4, -0.2) is 28.9 Å². The Bertz CT molecular complexity index is 960. The zero-order chi connectivity index (χ0) is 20.5. The number of rotatable bonds is 5. The van der Waals surface area contributed by atoms with E-state index in [1.807, 2.05) is 17.9 Å². The molecule has 148 valence electrons. The number of hydrogen-bond donors (Lipinski definition) is 1. The summed E-state index contributed by atoms with van der Waals surface area (Å²) in [5.41, 5.74) is 0.860. The average molecular weight is 391 g/mol. The third-order valence-corrected chi connectivity index (χ3v) is 4.88. The lowest BCUT2D eigenvalue weighted by atomic mass is 10.0. The third-order valence-electron chi connectivity index (χ3n) is 4.88. The maximum atomic E-state index is 13.1. The second kappa shape index (κ2) is 7.54. The normalized spacial score (nSPS) is 14.4. The van der Waals surface area contributed by atoms with Crippen LogP contribution in [0.4, 0.5) is 24.7 Å². The van der Waals surface area contributed by atoms with Crippen LogP contribution in [0.25, 0.3) is 5.69 Å². The van der Waals surface area contributed by atoms with Crippen LogP contribution in [-0.2, 0) is 6.42 Å². The summed E-state index contributed by atoms with van der Waals surface area (Å²) in [6.07, 6.45) is -4.47. The Morgan fingerprint density at radius 2 is 2.00 bits per heavy atom. The number of halogens is 3. The number of alkyl halides is 3. The van der Waals surface area contributed by atoms with E-state index in [2.05, 4.69) is 10.3 Å². The zero-order valence-corrected chi connectivity index (χ0v) is 15.5. The summed E-state index contributed by atoms with van der Waals surface area (Å²) >= 11 is 0. The van der Waals surface area contributed by atoms with Gasteiger partial charge in [-0.1, -0.05) is 6.92 Å². The quantitative estimate of drug-likeness (QED) is 0.845. The largest absolute Gasteiger partial charge is 0.391 e. The number of aromatic nitrogens is 2. The summed E-state index contributed by atoms with van der Waals surface area (Å²) in [7, 11) is 0. The predicted molar refractivity (Wildman–Crippen MR) is 99.6 cm³/mol. The number of aryl methyl sites for hydroxylation is 1. The molecule has 1 aromatic heterocycles. The highest BCUT2D eigenvalue weighted by molar-refractivity contribution is 5.70. The van der Waals surface area contributed by atoms with Gasteiger partial charge in [-0.05, 0) is 37.6 Å². The molecule has 1 unspecified atom stereocenters. The second-order valence-corrected chi connectivity index (χ2v) is 6.70. The van der Waals surface area contributed by atoms with Gasteiger partial charge in [0.15, 0.2) is 5.82 Å². The minimum Gasteiger partial charge on any atom is -0.360 e. The molecule has 0 spiro atoms. The van der Waals surface area contributed by atoms with Crippen LogP contribution in [0.3, 0.4) is 0 Å². The number of nitriles is 1. The van der Waals surface area contributed by atoms with Gasteiger partial charge < -0.3 is 10.2 Å². The summed E-state index contributed by atoms with van der Waals surface area (Å²) in [5, 5.41) is 12.0. The van der Waals surface area contributed by atoms with Crippen molar-refractivity contribution in [3.63, 3.8) is 0 Å². The SMILES string of the molecule is CCN1CNc2c1nc(CCC(C)C(F)(F)F)n(-c1ccc(C#N)cc1)c2=O. The number of benzene rings is 1.